The van der Waals surface area contributed by atoms with Gasteiger partial charge in [0.1, 0.15) is 0 Å². The Kier molecular flexibility index (Phi) is 5.61. The van der Waals surface area contributed by atoms with Crippen LogP contribution >= 0.6 is 22.6 Å². The minimum Gasteiger partial charge on any atom is -0.454 e. The second kappa shape index (κ2) is 8.09. The summed E-state index contributed by atoms with van der Waals surface area (Å²) in [5, 5.41) is 3.10. The van der Waals surface area contributed by atoms with Crippen molar-refractivity contribution in [2.45, 2.75) is 13.5 Å². The average Bonchev–Trinajstić information content (AvgIpc) is 2.62. The largest absolute Gasteiger partial charge is 0.454 e. The number of ether oxygens (including phenoxy) is 1. The number of nitrogen functional groups attached to an aromatic ring is 1. The molecule has 1 heterocycles. The van der Waals surface area contributed by atoms with Gasteiger partial charge in [0.25, 0.3) is 0 Å². The van der Waals surface area contributed by atoms with Crippen molar-refractivity contribution in [2.24, 2.45) is 0 Å². The van der Waals surface area contributed by atoms with Crippen LogP contribution in [0.5, 0.6) is 0 Å². The lowest BCUT2D eigenvalue weighted by Crippen LogP contribution is -2.12. The molecule has 0 bridgehead atoms. The van der Waals surface area contributed by atoms with Gasteiger partial charge in [0, 0.05) is 9.26 Å². The van der Waals surface area contributed by atoms with E-state index in [1.807, 2.05) is 43.3 Å². The Hall–Kier alpha value is -2.75. The topological polar surface area (TPSA) is 103 Å². The summed E-state index contributed by atoms with van der Waals surface area (Å²) in [6.45, 7) is 1.87. The second-order valence-electron chi connectivity index (χ2n) is 5.43. The van der Waals surface area contributed by atoms with Crippen molar-refractivity contribution in [2.75, 3.05) is 11.1 Å². The van der Waals surface area contributed by atoms with Crippen molar-refractivity contribution < 1.29 is 9.53 Å². The summed E-state index contributed by atoms with van der Waals surface area (Å²) in [7, 11) is 0. The van der Waals surface area contributed by atoms with Gasteiger partial charge < -0.3 is 15.8 Å². The van der Waals surface area contributed by atoms with E-state index >= 15 is 0 Å². The molecule has 0 atom stereocenters. The fraction of sp³-hybridized carbons (Fsp3) is 0.111. The number of hydrogen-bond donors (Lipinski definition) is 2. The predicted molar refractivity (Wildman–Crippen MR) is 107 cm³/mol. The molecule has 26 heavy (non-hydrogen) atoms. The van der Waals surface area contributed by atoms with Crippen LogP contribution < -0.4 is 11.1 Å². The first-order valence-electron chi connectivity index (χ1n) is 7.77. The highest BCUT2D eigenvalue weighted by molar-refractivity contribution is 14.1. The van der Waals surface area contributed by atoms with Crippen molar-refractivity contribution in [3.63, 3.8) is 0 Å². The number of aromatic nitrogens is 3. The van der Waals surface area contributed by atoms with Gasteiger partial charge in [-0.05, 0) is 53.3 Å². The molecule has 0 aliphatic rings. The van der Waals surface area contributed by atoms with Gasteiger partial charge in [-0.15, -0.1) is 0 Å². The Labute approximate surface area is 164 Å². The molecule has 0 aliphatic heterocycles. The molecule has 0 spiro atoms. The van der Waals surface area contributed by atoms with Crippen molar-refractivity contribution in [3.05, 3.63) is 69.1 Å². The molecule has 0 unspecified atom stereocenters. The van der Waals surface area contributed by atoms with E-state index < -0.39 is 5.97 Å². The number of nitrogens with zero attached hydrogens (tertiary/aromatic N) is 3. The molecule has 8 heteroatoms. The van der Waals surface area contributed by atoms with E-state index in [-0.39, 0.29) is 18.4 Å². The molecule has 3 rings (SSSR count). The number of nitrogens with one attached hydrogen (secondary N) is 1. The Morgan fingerprint density at radius 2 is 1.85 bits per heavy atom. The van der Waals surface area contributed by atoms with Crippen molar-refractivity contribution in [1.82, 2.24) is 15.0 Å². The van der Waals surface area contributed by atoms with Crippen LogP contribution in [0.1, 0.15) is 21.7 Å². The molecular formula is C18H16IN5O2. The van der Waals surface area contributed by atoms with E-state index in [1.54, 1.807) is 12.1 Å². The Bertz CT molecular complexity index is 948. The number of carbonyl (C=O) groups excluding carboxylic acids is 1. The number of para-hydroxylation sites is 1. The number of halogens is 1. The van der Waals surface area contributed by atoms with Crippen molar-refractivity contribution in [3.8, 4) is 0 Å². The Morgan fingerprint density at radius 3 is 2.62 bits per heavy atom. The van der Waals surface area contributed by atoms with Gasteiger partial charge >= 0.3 is 5.97 Å². The third kappa shape index (κ3) is 4.45. The summed E-state index contributed by atoms with van der Waals surface area (Å²) < 4.78 is 6.11. The lowest BCUT2D eigenvalue weighted by atomic mass is 10.2. The van der Waals surface area contributed by atoms with Gasteiger partial charge in [0.2, 0.25) is 11.9 Å². The second-order valence-corrected chi connectivity index (χ2v) is 6.59. The zero-order valence-electron chi connectivity index (χ0n) is 13.9. The first-order chi connectivity index (χ1) is 12.5. The summed E-state index contributed by atoms with van der Waals surface area (Å²) in [5.74, 6) is 0.179. The molecular weight excluding hydrogens is 445 g/mol. The van der Waals surface area contributed by atoms with Crippen LogP contribution in [0.4, 0.5) is 17.6 Å². The Morgan fingerprint density at radius 1 is 1.12 bits per heavy atom. The first-order valence-corrected chi connectivity index (χ1v) is 8.85. The molecule has 0 aliphatic carbocycles. The van der Waals surface area contributed by atoms with E-state index in [1.165, 1.54) is 0 Å². The maximum Gasteiger partial charge on any atom is 0.339 e. The zero-order valence-corrected chi connectivity index (χ0v) is 16.1. The van der Waals surface area contributed by atoms with Gasteiger partial charge in [-0.1, -0.05) is 30.3 Å². The maximum atomic E-state index is 12.2. The van der Waals surface area contributed by atoms with Gasteiger partial charge in [-0.2, -0.15) is 15.0 Å². The molecule has 2 aromatic carbocycles. The molecule has 3 N–H and O–H groups in total. The maximum absolute atomic E-state index is 12.2. The highest BCUT2D eigenvalue weighted by Gasteiger charge is 2.13. The zero-order chi connectivity index (χ0) is 18.5. The normalized spacial score (nSPS) is 10.4. The van der Waals surface area contributed by atoms with Crippen LogP contribution in [0.3, 0.4) is 0 Å². The molecule has 0 fully saturated rings. The molecule has 0 radical (unpaired) electrons. The monoisotopic (exact) mass is 461 g/mol. The van der Waals surface area contributed by atoms with Crippen LogP contribution in [0, 0.1) is 10.5 Å². The number of nitrogens with two attached hydrogens (primary N) is 1. The summed E-state index contributed by atoms with van der Waals surface area (Å²) >= 11 is 2.08. The molecule has 7 nitrogen and oxygen atoms in total. The molecule has 0 amide bonds. The van der Waals surface area contributed by atoms with E-state index in [4.69, 9.17) is 10.5 Å². The number of esters is 1. The number of rotatable bonds is 5. The number of benzene rings is 2. The van der Waals surface area contributed by atoms with E-state index in [2.05, 4.69) is 42.9 Å². The van der Waals surface area contributed by atoms with Crippen LogP contribution in [0.15, 0.2) is 48.5 Å². The van der Waals surface area contributed by atoms with Crippen LogP contribution in [0.25, 0.3) is 0 Å². The minimum absolute atomic E-state index is 0.0522. The van der Waals surface area contributed by atoms with Crippen LogP contribution in [0.2, 0.25) is 0 Å². The Balaban J connectivity index is 1.73. The molecule has 1 aromatic heterocycles. The summed E-state index contributed by atoms with van der Waals surface area (Å²) in [6, 6.07) is 14.9. The number of aryl methyl sites for hydroxylation is 1. The lowest BCUT2D eigenvalue weighted by molar-refractivity contribution is 0.0461. The standard InChI is InChI=1S/C18H16IN5O2/c1-11-6-2-5-9-14(11)21-18-23-15(22-17(20)24-18)10-26-16(25)12-7-3-4-8-13(12)19/h2-9H,10H2,1H3,(H3,20,21,22,23,24). The van der Waals surface area contributed by atoms with Crippen molar-refractivity contribution >= 4 is 46.1 Å². The van der Waals surface area contributed by atoms with E-state index in [0.717, 1.165) is 14.8 Å². The van der Waals surface area contributed by atoms with E-state index in [9.17, 15) is 4.79 Å². The fourth-order valence-electron chi connectivity index (χ4n) is 2.23. The number of anilines is 3. The number of hydrogen-bond acceptors (Lipinski definition) is 7. The summed E-state index contributed by atoms with van der Waals surface area (Å²) in [5.41, 5.74) is 8.14. The van der Waals surface area contributed by atoms with Gasteiger partial charge in [0.05, 0.1) is 5.56 Å². The summed E-state index contributed by atoms with van der Waals surface area (Å²) in [4.78, 5) is 24.6. The molecule has 0 saturated heterocycles. The lowest BCUT2D eigenvalue weighted by Gasteiger charge is -2.10. The quantitative estimate of drug-likeness (QED) is 0.443. The highest BCUT2D eigenvalue weighted by atomic mass is 127. The van der Waals surface area contributed by atoms with Gasteiger partial charge in [-0.25, -0.2) is 4.79 Å². The van der Waals surface area contributed by atoms with Gasteiger partial charge in [0.15, 0.2) is 12.4 Å². The highest BCUT2D eigenvalue weighted by Crippen LogP contribution is 2.18. The number of carbonyl (C=O) groups is 1. The third-order valence-corrected chi connectivity index (χ3v) is 4.46. The smallest absolute Gasteiger partial charge is 0.339 e. The van der Waals surface area contributed by atoms with Crippen molar-refractivity contribution in [1.29, 1.82) is 0 Å². The molecule has 132 valence electrons. The fourth-order valence-corrected chi connectivity index (χ4v) is 2.83. The van der Waals surface area contributed by atoms with Gasteiger partial charge in [-0.3, -0.25) is 0 Å². The average molecular weight is 461 g/mol. The van der Waals surface area contributed by atoms with Crippen LogP contribution in [-0.2, 0) is 11.3 Å². The summed E-state index contributed by atoms with van der Waals surface area (Å²) in [6.07, 6.45) is 0. The SMILES string of the molecule is Cc1ccccc1Nc1nc(N)nc(COC(=O)c2ccccc2I)n1. The third-order valence-electron chi connectivity index (χ3n) is 3.52. The molecule has 0 saturated carbocycles. The van der Waals surface area contributed by atoms with E-state index in [0.29, 0.717) is 11.5 Å². The predicted octanol–water partition coefficient (Wildman–Crippen LogP) is 3.47. The minimum atomic E-state index is -0.442. The first kappa shape index (κ1) is 18.1. The molecule has 3 aromatic rings. The van der Waals surface area contributed by atoms with Crippen LogP contribution in [-0.4, -0.2) is 20.9 Å².